The fraction of sp³-hybridized carbons (Fsp3) is 0.143. The number of ether oxygens (including phenoxy) is 1. The number of rotatable bonds is 9. The highest BCUT2D eigenvalue weighted by molar-refractivity contribution is 6.32. The highest BCUT2D eigenvalue weighted by atomic mass is 35.5. The molecule has 3 heterocycles. The van der Waals surface area contributed by atoms with Gasteiger partial charge in [0.2, 0.25) is 5.91 Å². The number of hydrogen-bond acceptors (Lipinski definition) is 7. The average Bonchev–Trinajstić information content (AvgIpc) is 3.74. The number of aromatic nitrogens is 7. The Bertz CT molecular complexity index is 1730. The topological polar surface area (TPSA) is 155 Å². The zero-order valence-corrected chi connectivity index (χ0v) is 23.9. The van der Waals surface area contributed by atoms with E-state index in [2.05, 4.69) is 40.9 Å². The third-order valence-corrected chi connectivity index (χ3v) is 6.74. The van der Waals surface area contributed by atoms with Crippen molar-refractivity contribution in [2.75, 3.05) is 12.4 Å². The molecule has 1 atom stereocenters. The molecule has 0 aliphatic rings. The Morgan fingerprint density at radius 3 is 2.64 bits per heavy atom. The summed E-state index contributed by atoms with van der Waals surface area (Å²) in [6, 6.07) is 11.7. The van der Waals surface area contributed by atoms with Crippen molar-refractivity contribution in [1.29, 1.82) is 0 Å². The van der Waals surface area contributed by atoms with E-state index in [0.29, 0.717) is 50.6 Å². The molecule has 0 saturated carbocycles. The second kappa shape index (κ2) is 12.7. The first-order chi connectivity index (χ1) is 20.3. The molecule has 5 aromatic rings. The molecular weight excluding hydrogens is 581 g/mol. The number of imidazole rings is 1. The first-order valence-electron chi connectivity index (χ1n) is 12.6. The van der Waals surface area contributed by atoms with Crippen LogP contribution in [0, 0.1) is 0 Å². The normalized spacial score (nSPS) is 11.9. The van der Waals surface area contributed by atoms with Gasteiger partial charge in [-0.05, 0) is 41.5 Å². The number of benzene rings is 2. The molecule has 4 N–H and O–H groups in total. The van der Waals surface area contributed by atoms with Gasteiger partial charge in [0.1, 0.15) is 22.4 Å². The summed E-state index contributed by atoms with van der Waals surface area (Å²) < 4.78 is 6.31. The van der Waals surface area contributed by atoms with Crippen LogP contribution in [0.2, 0.25) is 10.2 Å². The lowest BCUT2D eigenvalue weighted by atomic mass is 10.0. The van der Waals surface area contributed by atoms with E-state index in [9.17, 15) is 9.59 Å². The monoisotopic (exact) mass is 605 g/mol. The highest BCUT2D eigenvalue weighted by Crippen LogP contribution is 2.30. The molecule has 0 aliphatic carbocycles. The van der Waals surface area contributed by atoms with E-state index in [-0.39, 0.29) is 5.91 Å². The van der Waals surface area contributed by atoms with Gasteiger partial charge in [0.05, 0.1) is 25.5 Å². The van der Waals surface area contributed by atoms with Crippen LogP contribution in [0.15, 0.2) is 67.1 Å². The zero-order chi connectivity index (χ0) is 29.6. The molecule has 0 bridgehead atoms. The highest BCUT2D eigenvalue weighted by Gasteiger charge is 2.22. The molecule has 5 rings (SSSR count). The van der Waals surface area contributed by atoms with E-state index in [4.69, 9.17) is 28.2 Å². The Labute approximate surface area is 250 Å². The van der Waals surface area contributed by atoms with Crippen LogP contribution in [0.25, 0.3) is 28.6 Å². The Balaban J connectivity index is 1.39. The van der Waals surface area contributed by atoms with E-state index in [0.717, 1.165) is 11.1 Å². The number of carbonyl (C=O) groups is 2. The summed E-state index contributed by atoms with van der Waals surface area (Å²) in [6.45, 7) is 0. The van der Waals surface area contributed by atoms with Gasteiger partial charge in [0, 0.05) is 47.6 Å². The van der Waals surface area contributed by atoms with Crippen molar-refractivity contribution in [3.63, 3.8) is 0 Å². The molecule has 214 valence electrons. The number of H-pyrrole nitrogens is 2. The Morgan fingerprint density at radius 2 is 1.95 bits per heavy atom. The van der Waals surface area contributed by atoms with Gasteiger partial charge in [-0.2, -0.15) is 20.5 Å². The van der Waals surface area contributed by atoms with Crippen molar-refractivity contribution in [3.05, 3.63) is 94.3 Å². The fourth-order valence-corrected chi connectivity index (χ4v) is 4.68. The van der Waals surface area contributed by atoms with Crippen molar-refractivity contribution >= 4 is 47.0 Å². The Kier molecular flexibility index (Phi) is 8.65. The number of methoxy groups -OCH3 is 1. The molecule has 1 unspecified atom stereocenters. The molecule has 14 heteroatoms. The molecule has 0 aliphatic heterocycles. The molecule has 3 aromatic heterocycles. The van der Waals surface area contributed by atoms with Gasteiger partial charge in [0.25, 0.3) is 0 Å². The van der Waals surface area contributed by atoms with Gasteiger partial charge >= 0.3 is 6.09 Å². The van der Waals surface area contributed by atoms with Crippen molar-refractivity contribution in [2.45, 2.75) is 12.5 Å². The minimum atomic E-state index is -0.574. The maximum Gasteiger partial charge on any atom is 0.411 e. The summed E-state index contributed by atoms with van der Waals surface area (Å²) in [5.74, 6) is 0.102. The first-order valence-corrected chi connectivity index (χ1v) is 13.4. The maximum atomic E-state index is 13.2. The van der Waals surface area contributed by atoms with Crippen LogP contribution in [-0.2, 0) is 23.0 Å². The average molecular weight is 606 g/mol. The summed E-state index contributed by atoms with van der Waals surface area (Å²) in [7, 11) is 3.11. The van der Waals surface area contributed by atoms with Crippen molar-refractivity contribution in [2.24, 2.45) is 7.05 Å². The van der Waals surface area contributed by atoms with Crippen LogP contribution in [0.5, 0.6) is 0 Å². The summed E-state index contributed by atoms with van der Waals surface area (Å²) in [5, 5.41) is 21.2. The minimum Gasteiger partial charge on any atom is -0.453 e. The van der Waals surface area contributed by atoms with Crippen LogP contribution in [0.4, 0.5) is 10.5 Å². The molecule has 0 spiro atoms. The van der Waals surface area contributed by atoms with E-state index < -0.39 is 12.1 Å². The van der Waals surface area contributed by atoms with E-state index >= 15 is 0 Å². The molecule has 0 radical (unpaired) electrons. The first kappa shape index (κ1) is 28.6. The molecule has 2 amide bonds. The van der Waals surface area contributed by atoms with Gasteiger partial charge in [-0.3, -0.25) is 14.8 Å². The number of anilines is 1. The Morgan fingerprint density at radius 1 is 1.14 bits per heavy atom. The number of carbonyl (C=O) groups excluding carboxylic acids is 2. The molecule has 12 nitrogen and oxygen atoms in total. The SMILES string of the molecule is COC(=O)Nc1ccc(-c2nc(C(Cc3cnn(C)c3)NC(=O)C=Cc3cc(Cl)ccc3-c3cn[nH]n3)[nH]c2Cl)cc1. The molecule has 42 heavy (non-hydrogen) atoms. The number of aryl methyl sites for hydroxylation is 1. The third-order valence-electron chi connectivity index (χ3n) is 6.23. The summed E-state index contributed by atoms with van der Waals surface area (Å²) in [6.07, 6.45) is 8.09. The largest absolute Gasteiger partial charge is 0.453 e. The zero-order valence-electron chi connectivity index (χ0n) is 22.4. The molecular formula is C28H25Cl2N9O3. The number of nitrogens with zero attached hydrogens (tertiary/aromatic N) is 5. The molecule has 0 fully saturated rings. The molecule has 0 saturated heterocycles. The fourth-order valence-electron chi connectivity index (χ4n) is 4.26. The van der Waals surface area contributed by atoms with Gasteiger partial charge < -0.3 is 15.0 Å². The predicted octanol–water partition coefficient (Wildman–Crippen LogP) is 5.19. The van der Waals surface area contributed by atoms with Crippen LogP contribution in [-0.4, -0.2) is 54.3 Å². The second-order valence-corrected chi connectivity index (χ2v) is 10.0. The third kappa shape index (κ3) is 6.85. The summed E-state index contributed by atoms with van der Waals surface area (Å²) >= 11 is 12.8. The number of aromatic amines is 2. The Hall–Kier alpha value is -4.94. The summed E-state index contributed by atoms with van der Waals surface area (Å²) in [4.78, 5) is 32.5. The lowest BCUT2D eigenvalue weighted by Crippen LogP contribution is -2.29. The van der Waals surface area contributed by atoms with E-state index in [1.807, 2.05) is 19.3 Å². The van der Waals surface area contributed by atoms with Crippen molar-refractivity contribution in [1.82, 2.24) is 40.5 Å². The minimum absolute atomic E-state index is 0.302. The van der Waals surface area contributed by atoms with E-state index in [1.54, 1.807) is 59.5 Å². The summed E-state index contributed by atoms with van der Waals surface area (Å²) in [5.41, 5.74) is 4.73. The standard InChI is InChI=1S/C28H25Cl2N9O3/c1-39-15-16(13-32-39)11-22(27-35-25(26(30)36-27)17-3-7-20(8-4-17)33-28(41)42-2)34-24(40)10-5-18-12-19(29)6-9-21(18)23-14-31-38-37-23/h3-10,12-15,22H,11H2,1-2H3,(H,33,41)(H,34,40)(H,35,36)(H,31,37,38). The quantitative estimate of drug-likeness (QED) is 0.168. The van der Waals surface area contributed by atoms with Crippen LogP contribution < -0.4 is 10.6 Å². The van der Waals surface area contributed by atoms with Gasteiger partial charge in [0.15, 0.2) is 0 Å². The van der Waals surface area contributed by atoms with Gasteiger partial charge in [-0.1, -0.05) is 41.4 Å². The van der Waals surface area contributed by atoms with Crippen molar-refractivity contribution in [3.8, 4) is 22.5 Å². The number of halogens is 2. The lowest BCUT2D eigenvalue weighted by Gasteiger charge is -2.15. The lowest BCUT2D eigenvalue weighted by molar-refractivity contribution is -0.117. The van der Waals surface area contributed by atoms with Crippen LogP contribution in [0.1, 0.15) is 23.0 Å². The van der Waals surface area contributed by atoms with Gasteiger partial charge in [-0.15, -0.1) is 0 Å². The van der Waals surface area contributed by atoms with Crippen LogP contribution in [0.3, 0.4) is 0 Å². The number of nitrogens with one attached hydrogen (secondary N) is 4. The molecule has 2 aromatic carbocycles. The second-order valence-electron chi connectivity index (χ2n) is 9.19. The smallest absolute Gasteiger partial charge is 0.411 e. The van der Waals surface area contributed by atoms with Gasteiger partial charge in [-0.25, -0.2) is 9.78 Å². The number of amides is 2. The number of hydrogen-bond donors (Lipinski definition) is 4. The van der Waals surface area contributed by atoms with E-state index in [1.165, 1.54) is 13.2 Å². The predicted molar refractivity (Wildman–Crippen MR) is 159 cm³/mol. The van der Waals surface area contributed by atoms with Crippen molar-refractivity contribution < 1.29 is 14.3 Å². The maximum absolute atomic E-state index is 13.2. The van der Waals surface area contributed by atoms with Crippen LogP contribution >= 0.6 is 23.2 Å².